The first-order valence-corrected chi connectivity index (χ1v) is 8.70. The maximum atomic E-state index is 12.4. The third-order valence-electron chi connectivity index (χ3n) is 4.08. The lowest BCUT2D eigenvalue weighted by molar-refractivity contribution is -0.124. The molecule has 8 heteroatoms. The molecule has 1 aliphatic rings. The fourth-order valence-corrected chi connectivity index (χ4v) is 2.96. The van der Waals surface area contributed by atoms with Crippen LogP contribution in [0, 0.1) is 6.92 Å². The summed E-state index contributed by atoms with van der Waals surface area (Å²) in [6.07, 6.45) is 1.94. The summed E-state index contributed by atoms with van der Waals surface area (Å²) in [5, 5.41) is 7.03. The zero-order valence-electron chi connectivity index (χ0n) is 14.3. The van der Waals surface area contributed by atoms with E-state index in [2.05, 4.69) is 10.5 Å². The predicted molar refractivity (Wildman–Crippen MR) is 94.0 cm³/mol. The third-order valence-corrected chi connectivity index (χ3v) is 4.41. The number of esters is 1. The van der Waals surface area contributed by atoms with E-state index in [9.17, 15) is 9.59 Å². The summed E-state index contributed by atoms with van der Waals surface area (Å²) in [5.74, 6) is -0.780. The highest BCUT2D eigenvalue weighted by Gasteiger charge is 2.25. The molecule has 138 valence electrons. The van der Waals surface area contributed by atoms with Crippen molar-refractivity contribution in [3.63, 3.8) is 0 Å². The van der Waals surface area contributed by atoms with Crippen LogP contribution in [0.1, 0.15) is 29.0 Å². The fraction of sp³-hybridized carbons (Fsp3) is 0.389. The molecule has 1 saturated heterocycles. The first-order valence-electron chi connectivity index (χ1n) is 8.33. The van der Waals surface area contributed by atoms with Gasteiger partial charge in [0.25, 0.3) is 5.91 Å². The standard InChI is InChI=1S/C18H19ClN2O5/c1-11-16(17(21-26-11)13-6-2-3-7-14(13)19)18(23)25-10-15(22)20-9-12-5-4-8-24-12/h2-3,6-7,12H,4-5,8-10H2,1H3,(H,20,22)/t12-/m1/s1. The molecule has 3 rings (SSSR count). The molecule has 0 aliphatic carbocycles. The molecule has 0 radical (unpaired) electrons. The number of hydrogen-bond donors (Lipinski definition) is 1. The van der Waals surface area contributed by atoms with Crippen molar-refractivity contribution in [1.82, 2.24) is 10.5 Å². The van der Waals surface area contributed by atoms with E-state index in [1.807, 2.05) is 0 Å². The van der Waals surface area contributed by atoms with Crippen LogP contribution in [0.3, 0.4) is 0 Å². The Morgan fingerprint density at radius 3 is 2.92 bits per heavy atom. The molecule has 1 atom stereocenters. The van der Waals surface area contributed by atoms with Crippen LogP contribution in [-0.4, -0.2) is 42.9 Å². The number of benzene rings is 1. The zero-order valence-corrected chi connectivity index (χ0v) is 15.0. The molecule has 0 spiro atoms. The Labute approximate surface area is 155 Å². The van der Waals surface area contributed by atoms with E-state index in [0.717, 1.165) is 12.8 Å². The molecule has 7 nitrogen and oxygen atoms in total. The second-order valence-corrected chi connectivity index (χ2v) is 6.36. The number of rotatable bonds is 6. The molecule has 2 heterocycles. The van der Waals surface area contributed by atoms with Gasteiger partial charge in [0.15, 0.2) is 6.61 Å². The maximum absolute atomic E-state index is 12.4. The van der Waals surface area contributed by atoms with Gasteiger partial charge in [-0.3, -0.25) is 4.79 Å². The summed E-state index contributed by atoms with van der Waals surface area (Å²) in [4.78, 5) is 24.3. The Morgan fingerprint density at radius 1 is 1.38 bits per heavy atom. The number of amides is 1. The number of halogens is 1. The first-order chi connectivity index (χ1) is 12.6. The summed E-state index contributed by atoms with van der Waals surface area (Å²) in [6.45, 7) is 2.33. The van der Waals surface area contributed by atoms with Crippen molar-refractivity contribution >= 4 is 23.5 Å². The summed E-state index contributed by atoms with van der Waals surface area (Å²) >= 11 is 6.17. The van der Waals surface area contributed by atoms with Crippen LogP contribution in [0.5, 0.6) is 0 Å². The lowest BCUT2D eigenvalue weighted by Crippen LogP contribution is -2.34. The van der Waals surface area contributed by atoms with Gasteiger partial charge in [-0.2, -0.15) is 0 Å². The summed E-state index contributed by atoms with van der Waals surface area (Å²) < 4.78 is 15.7. The van der Waals surface area contributed by atoms with E-state index in [1.165, 1.54) is 0 Å². The number of hydrogen-bond acceptors (Lipinski definition) is 6. The number of aryl methyl sites for hydroxylation is 1. The van der Waals surface area contributed by atoms with Crippen LogP contribution >= 0.6 is 11.6 Å². The van der Waals surface area contributed by atoms with Gasteiger partial charge in [0.2, 0.25) is 0 Å². The van der Waals surface area contributed by atoms with Crippen molar-refractivity contribution in [2.75, 3.05) is 19.8 Å². The first kappa shape index (κ1) is 18.4. The normalized spacial score (nSPS) is 16.5. The Balaban J connectivity index is 1.62. The highest BCUT2D eigenvalue weighted by Crippen LogP contribution is 2.31. The second-order valence-electron chi connectivity index (χ2n) is 5.96. The highest BCUT2D eigenvalue weighted by atomic mass is 35.5. The van der Waals surface area contributed by atoms with Gasteiger partial charge in [-0.15, -0.1) is 0 Å². The maximum Gasteiger partial charge on any atom is 0.344 e. The van der Waals surface area contributed by atoms with E-state index in [4.69, 9.17) is 25.6 Å². The summed E-state index contributed by atoms with van der Waals surface area (Å²) in [6, 6.07) is 6.97. The number of nitrogens with one attached hydrogen (secondary N) is 1. The van der Waals surface area contributed by atoms with Gasteiger partial charge in [0.05, 0.1) is 11.1 Å². The van der Waals surface area contributed by atoms with Crippen molar-refractivity contribution < 1.29 is 23.6 Å². The van der Waals surface area contributed by atoms with E-state index in [-0.39, 0.29) is 23.3 Å². The number of carbonyl (C=O) groups is 2. The molecule has 1 aromatic heterocycles. The Bertz CT molecular complexity index is 799. The van der Waals surface area contributed by atoms with Gasteiger partial charge in [0.1, 0.15) is 17.0 Å². The number of nitrogens with zero attached hydrogens (tertiary/aromatic N) is 1. The smallest absolute Gasteiger partial charge is 0.344 e. The van der Waals surface area contributed by atoms with Crippen LogP contribution < -0.4 is 5.32 Å². The number of aromatic nitrogens is 1. The lowest BCUT2D eigenvalue weighted by atomic mass is 10.1. The van der Waals surface area contributed by atoms with Crippen molar-refractivity contribution in [1.29, 1.82) is 0 Å². The molecule has 1 aliphatic heterocycles. The molecule has 1 amide bonds. The minimum Gasteiger partial charge on any atom is -0.452 e. The van der Waals surface area contributed by atoms with Gasteiger partial charge >= 0.3 is 5.97 Å². The largest absolute Gasteiger partial charge is 0.452 e. The van der Waals surface area contributed by atoms with Crippen molar-refractivity contribution in [3.8, 4) is 11.3 Å². The molecule has 1 aromatic carbocycles. The van der Waals surface area contributed by atoms with Gasteiger partial charge < -0.3 is 19.3 Å². The Hall–Kier alpha value is -2.38. The number of carbonyl (C=O) groups excluding carboxylic acids is 2. The summed E-state index contributed by atoms with van der Waals surface area (Å²) in [5.41, 5.74) is 1.00. The second kappa shape index (κ2) is 8.33. The minimum absolute atomic E-state index is 0.0294. The SMILES string of the molecule is Cc1onc(-c2ccccc2Cl)c1C(=O)OCC(=O)NC[C@H]1CCCO1. The Morgan fingerprint density at radius 2 is 2.19 bits per heavy atom. The number of ether oxygens (including phenoxy) is 2. The monoisotopic (exact) mass is 378 g/mol. The zero-order chi connectivity index (χ0) is 18.5. The van der Waals surface area contributed by atoms with Crippen LogP contribution in [0.4, 0.5) is 0 Å². The molecule has 0 saturated carbocycles. The van der Waals surface area contributed by atoms with Crippen molar-refractivity contribution in [3.05, 3.63) is 40.6 Å². The van der Waals surface area contributed by atoms with Crippen LogP contribution in [-0.2, 0) is 14.3 Å². The van der Waals surface area contributed by atoms with Crippen LogP contribution in [0.25, 0.3) is 11.3 Å². The average Bonchev–Trinajstić information content (AvgIpc) is 3.28. The van der Waals surface area contributed by atoms with E-state index >= 15 is 0 Å². The molecule has 1 fully saturated rings. The highest BCUT2D eigenvalue weighted by molar-refractivity contribution is 6.33. The third kappa shape index (κ3) is 4.23. The van der Waals surface area contributed by atoms with Gasteiger partial charge in [-0.25, -0.2) is 4.79 Å². The average molecular weight is 379 g/mol. The molecule has 26 heavy (non-hydrogen) atoms. The van der Waals surface area contributed by atoms with E-state index < -0.39 is 12.6 Å². The molecule has 0 bridgehead atoms. The molecule has 1 N–H and O–H groups in total. The van der Waals surface area contributed by atoms with Gasteiger partial charge in [0, 0.05) is 18.7 Å². The van der Waals surface area contributed by atoms with Crippen LogP contribution in [0.15, 0.2) is 28.8 Å². The lowest BCUT2D eigenvalue weighted by Gasteiger charge is -2.11. The van der Waals surface area contributed by atoms with Crippen molar-refractivity contribution in [2.24, 2.45) is 0 Å². The summed E-state index contributed by atoms with van der Waals surface area (Å²) in [7, 11) is 0. The topological polar surface area (TPSA) is 90.7 Å². The quantitative estimate of drug-likeness (QED) is 0.777. The predicted octanol–water partition coefficient (Wildman–Crippen LogP) is 2.76. The van der Waals surface area contributed by atoms with E-state index in [0.29, 0.717) is 29.5 Å². The van der Waals surface area contributed by atoms with Gasteiger partial charge in [-0.05, 0) is 25.8 Å². The molecular formula is C18H19ClN2O5. The van der Waals surface area contributed by atoms with Crippen LogP contribution in [0.2, 0.25) is 5.02 Å². The molecule has 0 unspecified atom stereocenters. The van der Waals surface area contributed by atoms with E-state index in [1.54, 1.807) is 31.2 Å². The minimum atomic E-state index is -0.689. The molecular weight excluding hydrogens is 360 g/mol. The Kier molecular flexibility index (Phi) is 5.90. The fourth-order valence-electron chi connectivity index (χ4n) is 2.74. The molecule has 2 aromatic rings. The van der Waals surface area contributed by atoms with Crippen molar-refractivity contribution in [2.45, 2.75) is 25.9 Å². The van der Waals surface area contributed by atoms with Gasteiger partial charge in [-0.1, -0.05) is 35.0 Å².